The van der Waals surface area contributed by atoms with E-state index in [9.17, 15) is 4.79 Å². The Hall–Kier alpha value is -3.58. The number of rotatable bonds is 6. The third-order valence-electron chi connectivity index (χ3n) is 5.44. The summed E-state index contributed by atoms with van der Waals surface area (Å²) in [6.45, 7) is 4.80. The number of methoxy groups -OCH3 is 1. The van der Waals surface area contributed by atoms with Crippen molar-refractivity contribution < 1.29 is 9.15 Å². The van der Waals surface area contributed by atoms with Crippen LogP contribution in [-0.2, 0) is 13.1 Å². The van der Waals surface area contributed by atoms with E-state index >= 15 is 0 Å². The summed E-state index contributed by atoms with van der Waals surface area (Å²) < 4.78 is 10.8. The molecule has 164 valence electrons. The van der Waals surface area contributed by atoms with Crippen molar-refractivity contribution in [2.45, 2.75) is 26.9 Å². The number of furan rings is 1. The number of fused-ring (bicyclic) bond motifs is 1. The predicted octanol–water partition coefficient (Wildman–Crippen LogP) is 5.15. The van der Waals surface area contributed by atoms with Crippen molar-refractivity contribution in [2.24, 2.45) is 0 Å². The molecule has 0 radical (unpaired) electrons. The first-order valence-corrected chi connectivity index (χ1v) is 10.7. The summed E-state index contributed by atoms with van der Waals surface area (Å²) in [6, 6.07) is 17.3. The van der Waals surface area contributed by atoms with E-state index < -0.39 is 0 Å². The molecule has 0 spiro atoms. The Bertz CT molecular complexity index is 1290. The number of benzene rings is 2. The van der Waals surface area contributed by atoms with Crippen LogP contribution in [0, 0.1) is 13.8 Å². The van der Waals surface area contributed by atoms with Crippen LogP contribution in [0.1, 0.15) is 22.5 Å². The molecule has 0 saturated carbocycles. The topological polar surface area (TPSA) is 70.5 Å². The van der Waals surface area contributed by atoms with E-state index in [-0.39, 0.29) is 5.56 Å². The van der Waals surface area contributed by atoms with Crippen molar-refractivity contribution in [3.63, 3.8) is 0 Å². The largest absolute Gasteiger partial charge is 0.497 e. The Morgan fingerprint density at radius 2 is 1.84 bits per heavy atom. The van der Waals surface area contributed by atoms with Gasteiger partial charge in [0.05, 0.1) is 32.0 Å². The molecule has 4 rings (SSSR count). The second-order valence-electron chi connectivity index (χ2n) is 7.71. The Kier molecular flexibility index (Phi) is 6.28. The van der Waals surface area contributed by atoms with Gasteiger partial charge in [0, 0.05) is 16.6 Å². The lowest BCUT2D eigenvalue weighted by atomic mass is 10.0. The number of aromatic amines is 1. The molecule has 2 N–H and O–H groups in total. The number of hydrogen-bond donors (Lipinski definition) is 2. The molecule has 2 heterocycles. The van der Waals surface area contributed by atoms with Gasteiger partial charge in [-0.1, -0.05) is 12.1 Å². The molecular formula is C25H25N3O3S. The van der Waals surface area contributed by atoms with Crippen molar-refractivity contribution in [1.29, 1.82) is 0 Å². The SMILES string of the molecule is COc1ccc(NC(=S)N(Cc2ccco2)Cc2cc3c(C)ccc(C)c3[nH]c2=O)cc1. The van der Waals surface area contributed by atoms with E-state index in [0.717, 1.165) is 39.2 Å². The maximum absolute atomic E-state index is 12.9. The van der Waals surface area contributed by atoms with Gasteiger partial charge in [0.2, 0.25) is 0 Å². The number of pyridine rings is 1. The van der Waals surface area contributed by atoms with Crippen LogP contribution in [0.5, 0.6) is 5.75 Å². The standard InChI is InChI=1S/C25H25N3O3S/c1-16-6-7-17(2)23-22(16)13-18(24(29)27-23)14-28(15-21-5-4-12-31-21)25(32)26-19-8-10-20(30-3)11-9-19/h4-13H,14-15H2,1-3H3,(H,26,32)(H,27,29). The molecule has 0 amide bonds. The van der Waals surface area contributed by atoms with Crippen LogP contribution in [0.15, 0.2) is 70.1 Å². The zero-order chi connectivity index (χ0) is 22.7. The number of aryl methyl sites for hydroxylation is 2. The van der Waals surface area contributed by atoms with Gasteiger partial charge in [-0.15, -0.1) is 0 Å². The zero-order valence-electron chi connectivity index (χ0n) is 18.3. The van der Waals surface area contributed by atoms with Crippen LogP contribution >= 0.6 is 12.2 Å². The lowest BCUT2D eigenvalue weighted by Crippen LogP contribution is -2.35. The molecule has 32 heavy (non-hydrogen) atoms. The lowest BCUT2D eigenvalue weighted by Gasteiger charge is -2.25. The van der Waals surface area contributed by atoms with Crippen LogP contribution in [0.25, 0.3) is 10.9 Å². The summed E-state index contributed by atoms with van der Waals surface area (Å²) in [5.41, 5.74) is 4.37. The van der Waals surface area contributed by atoms with E-state index in [1.54, 1.807) is 13.4 Å². The highest BCUT2D eigenvalue weighted by Crippen LogP contribution is 2.21. The molecule has 0 bridgehead atoms. The molecule has 0 aliphatic heterocycles. The Balaban J connectivity index is 1.64. The lowest BCUT2D eigenvalue weighted by molar-refractivity contribution is 0.359. The number of nitrogens with zero attached hydrogens (tertiary/aromatic N) is 1. The zero-order valence-corrected chi connectivity index (χ0v) is 19.1. The molecule has 4 aromatic rings. The normalized spacial score (nSPS) is 10.8. The number of hydrogen-bond acceptors (Lipinski definition) is 4. The van der Waals surface area contributed by atoms with Gasteiger partial charge in [0.15, 0.2) is 5.11 Å². The smallest absolute Gasteiger partial charge is 0.253 e. The summed E-state index contributed by atoms with van der Waals surface area (Å²) >= 11 is 5.71. The van der Waals surface area contributed by atoms with Crippen molar-refractivity contribution in [3.05, 3.63) is 93.7 Å². The summed E-state index contributed by atoms with van der Waals surface area (Å²) in [7, 11) is 1.63. The summed E-state index contributed by atoms with van der Waals surface area (Å²) in [5, 5.41) is 4.78. The average Bonchev–Trinajstić information content (AvgIpc) is 3.30. The fourth-order valence-corrected chi connectivity index (χ4v) is 3.86. The van der Waals surface area contributed by atoms with Gasteiger partial charge in [0.1, 0.15) is 11.5 Å². The number of anilines is 1. The first kappa shape index (κ1) is 21.6. The van der Waals surface area contributed by atoms with Crippen LogP contribution < -0.4 is 15.6 Å². The van der Waals surface area contributed by atoms with Crippen LogP contribution in [0.3, 0.4) is 0 Å². The molecule has 2 aromatic heterocycles. The molecule has 0 unspecified atom stereocenters. The van der Waals surface area contributed by atoms with Gasteiger partial charge < -0.3 is 24.4 Å². The molecule has 0 aliphatic carbocycles. The first-order valence-electron chi connectivity index (χ1n) is 10.3. The van der Waals surface area contributed by atoms with Gasteiger partial charge in [0.25, 0.3) is 5.56 Å². The number of aromatic nitrogens is 1. The Labute approximate surface area is 191 Å². The third-order valence-corrected chi connectivity index (χ3v) is 5.80. The van der Waals surface area contributed by atoms with Crippen LogP contribution in [0.4, 0.5) is 5.69 Å². The van der Waals surface area contributed by atoms with Crippen molar-refractivity contribution in [1.82, 2.24) is 9.88 Å². The minimum absolute atomic E-state index is 0.122. The maximum Gasteiger partial charge on any atom is 0.253 e. The van der Waals surface area contributed by atoms with Crippen LogP contribution in [-0.4, -0.2) is 22.1 Å². The number of ether oxygens (including phenoxy) is 1. The number of nitrogens with one attached hydrogen (secondary N) is 2. The number of thiocarbonyl (C=S) groups is 1. The van der Waals surface area contributed by atoms with Gasteiger partial charge in [-0.3, -0.25) is 4.79 Å². The third kappa shape index (κ3) is 4.68. The van der Waals surface area contributed by atoms with E-state index in [1.807, 2.05) is 67.3 Å². The molecule has 6 nitrogen and oxygen atoms in total. The van der Waals surface area contributed by atoms with Gasteiger partial charge in [-0.2, -0.15) is 0 Å². The average molecular weight is 448 g/mol. The monoisotopic (exact) mass is 447 g/mol. The molecule has 0 atom stereocenters. The molecule has 0 aliphatic rings. The molecule has 7 heteroatoms. The first-order chi connectivity index (χ1) is 15.4. The minimum Gasteiger partial charge on any atom is -0.497 e. The predicted molar refractivity (Wildman–Crippen MR) is 131 cm³/mol. The second-order valence-corrected chi connectivity index (χ2v) is 8.09. The van der Waals surface area contributed by atoms with Crippen LogP contribution in [0.2, 0.25) is 0 Å². The highest BCUT2D eigenvalue weighted by molar-refractivity contribution is 7.80. The summed E-state index contributed by atoms with van der Waals surface area (Å²) in [4.78, 5) is 17.9. The van der Waals surface area contributed by atoms with Gasteiger partial charge in [-0.25, -0.2) is 0 Å². The van der Waals surface area contributed by atoms with Crippen molar-refractivity contribution in [2.75, 3.05) is 12.4 Å². The van der Waals surface area contributed by atoms with E-state index in [4.69, 9.17) is 21.4 Å². The summed E-state index contributed by atoms with van der Waals surface area (Å²) in [5.74, 6) is 1.52. The molecular weight excluding hydrogens is 422 g/mol. The second kappa shape index (κ2) is 9.28. The molecule has 2 aromatic carbocycles. The Morgan fingerprint density at radius 3 is 2.53 bits per heavy atom. The quantitative estimate of drug-likeness (QED) is 0.399. The molecule has 0 saturated heterocycles. The fraction of sp³-hybridized carbons (Fsp3) is 0.200. The maximum atomic E-state index is 12.9. The van der Waals surface area contributed by atoms with Crippen molar-refractivity contribution in [3.8, 4) is 5.75 Å². The number of H-pyrrole nitrogens is 1. The van der Waals surface area contributed by atoms with E-state index in [1.165, 1.54) is 0 Å². The highest BCUT2D eigenvalue weighted by Gasteiger charge is 2.16. The van der Waals surface area contributed by atoms with Crippen molar-refractivity contribution >= 4 is 33.9 Å². The van der Waals surface area contributed by atoms with Gasteiger partial charge >= 0.3 is 0 Å². The highest BCUT2D eigenvalue weighted by atomic mass is 32.1. The Morgan fingerprint density at radius 1 is 1.09 bits per heavy atom. The minimum atomic E-state index is -0.122. The van der Waals surface area contributed by atoms with E-state index in [0.29, 0.717) is 23.8 Å². The van der Waals surface area contributed by atoms with Gasteiger partial charge in [-0.05, 0) is 79.7 Å². The molecule has 0 fully saturated rings. The fourth-order valence-electron chi connectivity index (χ4n) is 3.61. The summed E-state index contributed by atoms with van der Waals surface area (Å²) in [6.07, 6.45) is 1.63. The van der Waals surface area contributed by atoms with E-state index in [2.05, 4.69) is 16.4 Å².